The van der Waals surface area contributed by atoms with Gasteiger partial charge in [0, 0.05) is 6.04 Å². The van der Waals surface area contributed by atoms with Gasteiger partial charge in [-0.25, -0.2) is 4.79 Å². The average Bonchev–Trinajstić information content (AvgIpc) is 3.25. The Balaban J connectivity index is 1.50. The SMILES string of the molecule is C[C@H](OC(=O)c1ccc(CO)cc1)C(=O)N[C@@H](C)[C@H]1C[C@H]2CC[C@H]1C2. The fourth-order valence-corrected chi connectivity index (χ4v) is 4.38. The van der Waals surface area contributed by atoms with Crippen molar-refractivity contribution in [2.24, 2.45) is 17.8 Å². The Bertz CT molecular complexity index is 627. The van der Waals surface area contributed by atoms with Gasteiger partial charge in [-0.15, -0.1) is 0 Å². The summed E-state index contributed by atoms with van der Waals surface area (Å²) >= 11 is 0. The summed E-state index contributed by atoms with van der Waals surface area (Å²) in [5.74, 6) is 1.36. The molecule has 0 radical (unpaired) electrons. The Morgan fingerprint density at radius 1 is 1.20 bits per heavy atom. The molecule has 2 fully saturated rings. The third-order valence-corrected chi connectivity index (χ3v) is 5.83. The van der Waals surface area contributed by atoms with Gasteiger partial charge in [0.05, 0.1) is 12.2 Å². The van der Waals surface area contributed by atoms with Crippen LogP contribution in [0.2, 0.25) is 0 Å². The highest BCUT2D eigenvalue weighted by molar-refractivity contribution is 5.92. The number of amides is 1. The lowest BCUT2D eigenvalue weighted by molar-refractivity contribution is -0.130. The van der Waals surface area contributed by atoms with Gasteiger partial charge in [-0.3, -0.25) is 4.79 Å². The van der Waals surface area contributed by atoms with Crippen LogP contribution in [0.3, 0.4) is 0 Å². The number of carbonyl (C=O) groups is 2. The Morgan fingerprint density at radius 2 is 1.92 bits per heavy atom. The van der Waals surface area contributed by atoms with Gasteiger partial charge in [0.1, 0.15) is 0 Å². The molecule has 5 nitrogen and oxygen atoms in total. The van der Waals surface area contributed by atoms with Crippen molar-refractivity contribution in [2.75, 3.05) is 0 Å². The third-order valence-electron chi connectivity index (χ3n) is 5.83. The zero-order chi connectivity index (χ0) is 18.0. The summed E-state index contributed by atoms with van der Waals surface area (Å²) in [7, 11) is 0. The van der Waals surface area contributed by atoms with Gasteiger partial charge in [-0.05, 0) is 68.6 Å². The highest BCUT2D eigenvalue weighted by Crippen LogP contribution is 2.49. The van der Waals surface area contributed by atoms with Crippen LogP contribution in [0.5, 0.6) is 0 Å². The highest BCUT2D eigenvalue weighted by atomic mass is 16.5. The van der Waals surface area contributed by atoms with Gasteiger partial charge < -0.3 is 15.2 Å². The minimum Gasteiger partial charge on any atom is -0.449 e. The second-order valence-corrected chi connectivity index (χ2v) is 7.54. The summed E-state index contributed by atoms with van der Waals surface area (Å²) in [5.41, 5.74) is 1.10. The molecule has 1 aromatic carbocycles. The van der Waals surface area contributed by atoms with Crippen LogP contribution in [0.15, 0.2) is 24.3 Å². The number of ether oxygens (including phenoxy) is 1. The number of esters is 1. The summed E-state index contributed by atoms with van der Waals surface area (Å²) < 4.78 is 5.28. The maximum atomic E-state index is 12.4. The number of benzene rings is 1. The van der Waals surface area contributed by atoms with E-state index in [1.165, 1.54) is 25.7 Å². The summed E-state index contributed by atoms with van der Waals surface area (Å²) in [6.07, 6.45) is 4.30. The Kier molecular flexibility index (Phi) is 5.42. The number of aliphatic hydroxyl groups excluding tert-OH is 1. The topological polar surface area (TPSA) is 75.6 Å². The number of carbonyl (C=O) groups excluding carboxylic acids is 2. The summed E-state index contributed by atoms with van der Waals surface area (Å²) in [6.45, 7) is 3.59. The number of nitrogens with one attached hydrogen (secondary N) is 1. The van der Waals surface area contributed by atoms with Crippen LogP contribution in [-0.4, -0.2) is 29.1 Å². The second-order valence-electron chi connectivity index (χ2n) is 7.54. The Morgan fingerprint density at radius 3 is 2.48 bits per heavy atom. The van der Waals surface area contributed by atoms with Gasteiger partial charge in [0.25, 0.3) is 5.91 Å². The Labute approximate surface area is 148 Å². The van der Waals surface area contributed by atoms with E-state index in [1.807, 2.05) is 0 Å². The lowest BCUT2D eigenvalue weighted by Crippen LogP contribution is -2.45. The van der Waals surface area contributed by atoms with Gasteiger partial charge in [-0.1, -0.05) is 18.6 Å². The molecule has 25 heavy (non-hydrogen) atoms. The molecule has 5 heteroatoms. The van der Waals surface area contributed by atoms with Crippen molar-refractivity contribution >= 4 is 11.9 Å². The molecule has 2 aliphatic carbocycles. The third kappa shape index (κ3) is 4.03. The van der Waals surface area contributed by atoms with Crippen LogP contribution in [0.25, 0.3) is 0 Å². The Hall–Kier alpha value is -1.88. The quantitative estimate of drug-likeness (QED) is 0.777. The van der Waals surface area contributed by atoms with E-state index in [4.69, 9.17) is 9.84 Å². The van der Waals surface area contributed by atoms with Crippen LogP contribution in [-0.2, 0) is 16.1 Å². The molecule has 2 bridgehead atoms. The molecule has 2 N–H and O–H groups in total. The van der Waals surface area contributed by atoms with Crippen LogP contribution in [0, 0.1) is 17.8 Å². The van der Waals surface area contributed by atoms with Crippen LogP contribution >= 0.6 is 0 Å². The molecule has 0 aliphatic heterocycles. The fourth-order valence-electron chi connectivity index (χ4n) is 4.38. The van der Waals surface area contributed by atoms with Crippen molar-refractivity contribution in [3.8, 4) is 0 Å². The highest BCUT2D eigenvalue weighted by Gasteiger charge is 2.42. The molecule has 0 aromatic heterocycles. The van der Waals surface area contributed by atoms with Crippen LogP contribution < -0.4 is 5.32 Å². The van der Waals surface area contributed by atoms with Gasteiger partial charge in [-0.2, -0.15) is 0 Å². The standard InChI is InChI=1S/C20H27NO4/c1-12(18-10-15-5-8-17(18)9-15)21-19(23)13(2)25-20(24)16-6-3-14(11-22)4-7-16/h3-4,6-7,12-13,15,17-18,22H,5,8-11H2,1-2H3,(H,21,23)/t12-,13-,15-,17-,18+/m0/s1. The number of hydrogen-bond donors (Lipinski definition) is 2. The van der Waals surface area contributed by atoms with Gasteiger partial charge in [0.2, 0.25) is 0 Å². The smallest absolute Gasteiger partial charge is 0.338 e. The molecular formula is C20H27NO4. The minimum absolute atomic E-state index is 0.0744. The summed E-state index contributed by atoms with van der Waals surface area (Å²) in [4.78, 5) is 24.5. The first-order valence-corrected chi connectivity index (χ1v) is 9.19. The summed E-state index contributed by atoms with van der Waals surface area (Å²) in [5, 5.41) is 12.1. The molecule has 0 heterocycles. The molecule has 0 saturated heterocycles. The van der Waals surface area contributed by atoms with E-state index in [0.29, 0.717) is 11.5 Å². The summed E-state index contributed by atoms with van der Waals surface area (Å²) in [6, 6.07) is 6.64. The number of fused-ring (bicyclic) bond motifs is 2. The van der Waals surface area contributed by atoms with Crippen molar-refractivity contribution in [2.45, 2.75) is 58.3 Å². The van der Waals surface area contributed by atoms with E-state index >= 15 is 0 Å². The van der Waals surface area contributed by atoms with Crippen LogP contribution in [0.4, 0.5) is 0 Å². The fraction of sp³-hybridized carbons (Fsp3) is 0.600. The van der Waals surface area contributed by atoms with E-state index in [-0.39, 0.29) is 18.6 Å². The van der Waals surface area contributed by atoms with Crippen LogP contribution in [0.1, 0.15) is 55.5 Å². The lowest BCUT2D eigenvalue weighted by Gasteiger charge is -2.29. The molecule has 0 spiro atoms. The number of rotatable bonds is 6. The predicted octanol–water partition coefficient (Wildman–Crippen LogP) is 2.67. The van der Waals surface area contributed by atoms with Gasteiger partial charge >= 0.3 is 5.97 Å². The van der Waals surface area contributed by atoms with Crippen molar-refractivity contribution in [3.05, 3.63) is 35.4 Å². The van der Waals surface area contributed by atoms with E-state index in [2.05, 4.69) is 12.2 Å². The normalized spacial score (nSPS) is 26.9. The molecule has 2 aliphatic rings. The lowest BCUT2D eigenvalue weighted by atomic mass is 9.84. The number of hydrogen-bond acceptors (Lipinski definition) is 4. The maximum Gasteiger partial charge on any atom is 0.338 e. The van der Waals surface area contributed by atoms with Crippen molar-refractivity contribution in [3.63, 3.8) is 0 Å². The molecule has 5 atom stereocenters. The monoisotopic (exact) mass is 345 g/mol. The zero-order valence-corrected chi connectivity index (χ0v) is 14.9. The molecule has 0 unspecified atom stereocenters. The van der Waals surface area contributed by atoms with E-state index < -0.39 is 12.1 Å². The first kappa shape index (κ1) is 17.9. The van der Waals surface area contributed by atoms with Crippen molar-refractivity contribution in [1.29, 1.82) is 0 Å². The first-order valence-electron chi connectivity index (χ1n) is 9.19. The molecule has 2 saturated carbocycles. The predicted molar refractivity (Wildman–Crippen MR) is 93.8 cm³/mol. The van der Waals surface area contributed by atoms with E-state index in [9.17, 15) is 9.59 Å². The molecule has 1 amide bonds. The molecule has 3 rings (SSSR count). The van der Waals surface area contributed by atoms with E-state index in [0.717, 1.165) is 17.4 Å². The molecule has 1 aromatic rings. The molecular weight excluding hydrogens is 318 g/mol. The van der Waals surface area contributed by atoms with E-state index in [1.54, 1.807) is 31.2 Å². The van der Waals surface area contributed by atoms with Crippen molar-refractivity contribution in [1.82, 2.24) is 5.32 Å². The number of aliphatic hydroxyl groups is 1. The second kappa shape index (κ2) is 7.56. The largest absolute Gasteiger partial charge is 0.449 e. The van der Waals surface area contributed by atoms with Crippen molar-refractivity contribution < 1.29 is 19.4 Å². The first-order chi connectivity index (χ1) is 12.0. The minimum atomic E-state index is -0.828. The maximum absolute atomic E-state index is 12.4. The average molecular weight is 345 g/mol. The zero-order valence-electron chi connectivity index (χ0n) is 14.9. The van der Waals surface area contributed by atoms with Gasteiger partial charge in [0.15, 0.2) is 6.10 Å². The molecule has 136 valence electrons.